The fourth-order valence-electron chi connectivity index (χ4n) is 7.11. The molecule has 4 atom stereocenters. The van der Waals surface area contributed by atoms with E-state index in [0.29, 0.717) is 36.2 Å². The van der Waals surface area contributed by atoms with Crippen LogP contribution in [0.25, 0.3) is 0 Å². The van der Waals surface area contributed by atoms with Gasteiger partial charge in [-0.15, -0.1) is 0 Å². The molecule has 1 fully saturated rings. The van der Waals surface area contributed by atoms with Crippen molar-refractivity contribution in [1.29, 1.82) is 0 Å². The maximum absolute atomic E-state index is 13.5. The van der Waals surface area contributed by atoms with Gasteiger partial charge in [0.15, 0.2) is 0 Å². The van der Waals surface area contributed by atoms with E-state index >= 15 is 0 Å². The van der Waals surface area contributed by atoms with Crippen LogP contribution in [-0.4, -0.2) is 65.5 Å². The standard InChI is InChI=1S/C33H40ClN3O8S/c1-32(2)30(38)36-46(40,41)24-10-13-29-27(17-24)37(19-33(20-43-29)14-4-6-21-16-23(34)9-12-26(21)33)18-22-8-11-25(22)28(7-5-15-44-32)45-31(39)35-42-3/h5,7,9-10,12-13,16-17,22,25,28H,4,6,8,11,14-15,18-20H2,1-3H3,(H,35,39)(H,36,38)/b7-5+/t22-,25+,28-,33-/m0/s1. The van der Waals surface area contributed by atoms with Crippen molar-refractivity contribution in [3.63, 3.8) is 0 Å². The van der Waals surface area contributed by atoms with Crippen LogP contribution in [0.2, 0.25) is 5.02 Å². The lowest BCUT2D eigenvalue weighted by molar-refractivity contribution is -0.139. The summed E-state index contributed by atoms with van der Waals surface area (Å²) in [7, 11) is -2.90. The number of hydrogen-bond donors (Lipinski definition) is 2. The van der Waals surface area contributed by atoms with Gasteiger partial charge >= 0.3 is 6.09 Å². The minimum Gasteiger partial charge on any atom is -0.490 e. The number of aryl methyl sites for hydroxylation is 1. The van der Waals surface area contributed by atoms with Crippen LogP contribution in [0.1, 0.15) is 50.7 Å². The Morgan fingerprint density at radius 2 is 2.00 bits per heavy atom. The monoisotopic (exact) mass is 673 g/mol. The highest BCUT2D eigenvalue weighted by Gasteiger charge is 2.45. The van der Waals surface area contributed by atoms with Crippen LogP contribution in [0.3, 0.4) is 0 Å². The average molecular weight is 674 g/mol. The van der Waals surface area contributed by atoms with Gasteiger partial charge in [-0.2, -0.15) is 5.48 Å². The second kappa shape index (κ2) is 12.7. The smallest absolute Gasteiger partial charge is 0.431 e. The van der Waals surface area contributed by atoms with Crippen LogP contribution in [-0.2, 0) is 41.0 Å². The van der Waals surface area contributed by atoms with Gasteiger partial charge in [0.1, 0.15) is 17.5 Å². The van der Waals surface area contributed by atoms with Crippen LogP contribution in [0.15, 0.2) is 53.4 Å². The van der Waals surface area contributed by atoms with Gasteiger partial charge in [0.25, 0.3) is 15.9 Å². The first kappa shape index (κ1) is 32.6. The van der Waals surface area contributed by atoms with Crippen molar-refractivity contribution in [3.05, 3.63) is 64.7 Å². The van der Waals surface area contributed by atoms with Crippen molar-refractivity contribution in [2.75, 3.05) is 38.3 Å². The molecule has 2 heterocycles. The molecule has 13 heteroatoms. The minimum atomic E-state index is -4.24. The second-order valence-electron chi connectivity index (χ2n) is 13.1. The number of carbonyl (C=O) groups excluding carboxylic acids is 2. The third-order valence-electron chi connectivity index (χ3n) is 9.74. The molecule has 0 aromatic heterocycles. The Balaban J connectivity index is 1.43. The summed E-state index contributed by atoms with van der Waals surface area (Å²) in [5, 5.41) is 0.693. The Morgan fingerprint density at radius 3 is 2.76 bits per heavy atom. The zero-order valence-electron chi connectivity index (χ0n) is 26.2. The largest absolute Gasteiger partial charge is 0.490 e. The number of nitrogens with zero attached hydrogens (tertiary/aromatic N) is 1. The van der Waals surface area contributed by atoms with Gasteiger partial charge in [0.2, 0.25) is 0 Å². The molecule has 0 saturated heterocycles. The lowest BCUT2D eigenvalue weighted by Crippen LogP contribution is -2.50. The first-order valence-electron chi connectivity index (χ1n) is 15.6. The van der Waals surface area contributed by atoms with Crippen molar-refractivity contribution < 1.29 is 37.1 Å². The van der Waals surface area contributed by atoms with Gasteiger partial charge < -0.3 is 19.1 Å². The molecule has 2 aliphatic heterocycles. The number of halogens is 1. The Bertz CT molecular complexity index is 1650. The number of amides is 2. The predicted molar refractivity (Wildman–Crippen MR) is 171 cm³/mol. The van der Waals surface area contributed by atoms with Gasteiger partial charge in [-0.05, 0) is 99.4 Å². The summed E-state index contributed by atoms with van der Waals surface area (Å²) in [5.74, 6) is -0.141. The highest BCUT2D eigenvalue weighted by Crippen LogP contribution is 2.47. The van der Waals surface area contributed by atoms with E-state index in [2.05, 4.69) is 21.2 Å². The average Bonchev–Trinajstić information content (AvgIpc) is 3.13. The number of ether oxygens (including phenoxy) is 3. The molecular formula is C33H40ClN3O8S. The molecule has 0 radical (unpaired) electrons. The Kier molecular flexibility index (Phi) is 9.01. The number of anilines is 1. The molecule has 2 amide bonds. The number of fused-ring (bicyclic) bond motifs is 4. The molecule has 4 aliphatic rings. The molecule has 1 saturated carbocycles. The summed E-state index contributed by atoms with van der Waals surface area (Å²) in [4.78, 5) is 32.6. The molecular weight excluding hydrogens is 634 g/mol. The van der Waals surface area contributed by atoms with Gasteiger partial charge in [0, 0.05) is 29.4 Å². The number of carbonyl (C=O) groups is 2. The summed E-state index contributed by atoms with van der Waals surface area (Å²) in [6.07, 6.45) is 6.67. The van der Waals surface area contributed by atoms with Crippen molar-refractivity contribution in [2.45, 2.75) is 68.0 Å². The predicted octanol–water partition coefficient (Wildman–Crippen LogP) is 4.67. The van der Waals surface area contributed by atoms with Crippen LogP contribution < -0.4 is 19.8 Å². The van der Waals surface area contributed by atoms with Crippen LogP contribution in [0.4, 0.5) is 10.5 Å². The van der Waals surface area contributed by atoms with E-state index in [4.69, 9.17) is 30.6 Å². The fraction of sp³-hybridized carbons (Fsp3) is 0.515. The SMILES string of the molecule is CONC(=O)O[C@H]1/C=C/COC(C)(C)C(=O)NS(=O)(=O)c2ccc3c(c2)N(C[C@@H]2CC[C@H]21)C[C@@]1(CCCc2cc(Cl)ccc21)CO3. The number of sulfonamides is 1. The molecule has 2 bridgehead atoms. The van der Waals surface area contributed by atoms with Crippen molar-refractivity contribution in [2.24, 2.45) is 11.8 Å². The molecule has 1 spiro atoms. The lowest BCUT2D eigenvalue weighted by Gasteiger charge is -2.45. The number of benzene rings is 2. The highest BCUT2D eigenvalue weighted by molar-refractivity contribution is 7.90. The van der Waals surface area contributed by atoms with E-state index in [1.807, 2.05) is 12.1 Å². The summed E-state index contributed by atoms with van der Waals surface area (Å²) in [5.41, 5.74) is 3.41. The van der Waals surface area contributed by atoms with Crippen molar-refractivity contribution >= 4 is 39.3 Å². The molecule has 11 nitrogen and oxygen atoms in total. The van der Waals surface area contributed by atoms with Gasteiger partial charge in [0.05, 0.1) is 30.9 Å². The number of nitrogens with one attached hydrogen (secondary N) is 2. The second-order valence-corrected chi connectivity index (χ2v) is 15.2. The Morgan fingerprint density at radius 1 is 1.17 bits per heavy atom. The molecule has 2 aromatic carbocycles. The fourth-order valence-corrected chi connectivity index (χ4v) is 8.43. The summed E-state index contributed by atoms with van der Waals surface area (Å²) >= 11 is 6.40. The van der Waals surface area contributed by atoms with E-state index < -0.39 is 33.7 Å². The van der Waals surface area contributed by atoms with Crippen LogP contribution in [0.5, 0.6) is 5.75 Å². The number of hydroxylamine groups is 1. The summed E-state index contributed by atoms with van der Waals surface area (Å²) < 4.78 is 47.4. The maximum atomic E-state index is 13.5. The quantitative estimate of drug-likeness (QED) is 0.345. The van der Waals surface area contributed by atoms with Gasteiger partial charge in [-0.25, -0.2) is 17.9 Å². The van der Waals surface area contributed by atoms with E-state index in [1.165, 1.54) is 38.2 Å². The lowest BCUT2D eigenvalue weighted by atomic mass is 9.68. The van der Waals surface area contributed by atoms with E-state index in [1.54, 1.807) is 24.3 Å². The Labute approximate surface area is 274 Å². The van der Waals surface area contributed by atoms with Crippen molar-refractivity contribution in [3.8, 4) is 5.75 Å². The maximum Gasteiger partial charge on any atom is 0.431 e. The summed E-state index contributed by atoms with van der Waals surface area (Å²) in [6, 6.07) is 10.8. The molecule has 0 unspecified atom stereocenters. The molecule has 6 rings (SSSR count). The van der Waals surface area contributed by atoms with Gasteiger partial charge in [-0.3, -0.25) is 9.63 Å². The van der Waals surface area contributed by atoms with E-state index in [9.17, 15) is 18.0 Å². The number of hydrogen-bond acceptors (Lipinski definition) is 9. The molecule has 2 N–H and O–H groups in total. The third-order valence-corrected chi connectivity index (χ3v) is 11.3. The minimum absolute atomic E-state index is 0.00212. The first-order valence-corrected chi connectivity index (χ1v) is 17.5. The molecule has 46 heavy (non-hydrogen) atoms. The van der Waals surface area contributed by atoms with Gasteiger partial charge in [-0.1, -0.05) is 23.7 Å². The number of rotatable bonds is 2. The zero-order valence-corrected chi connectivity index (χ0v) is 27.8. The summed E-state index contributed by atoms with van der Waals surface area (Å²) in [6.45, 7) is 4.57. The van der Waals surface area contributed by atoms with E-state index in [0.717, 1.165) is 32.1 Å². The Hall–Kier alpha value is -3.32. The molecule has 248 valence electrons. The molecule has 2 aliphatic carbocycles. The first-order chi connectivity index (χ1) is 21.9. The highest BCUT2D eigenvalue weighted by atomic mass is 35.5. The topological polar surface area (TPSA) is 132 Å². The zero-order chi connectivity index (χ0) is 32.7. The van der Waals surface area contributed by atoms with Crippen LogP contribution in [0, 0.1) is 11.8 Å². The molecule has 2 aromatic rings. The third kappa shape index (κ3) is 6.45. The normalized spacial score (nSPS) is 29.1. The van der Waals surface area contributed by atoms with Crippen molar-refractivity contribution in [1.82, 2.24) is 10.2 Å². The van der Waals surface area contributed by atoms with Crippen LogP contribution >= 0.6 is 11.6 Å². The van der Waals surface area contributed by atoms with E-state index in [-0.39, 0.29) is 28.8 Å².